The topological polar surface area (TPSA) is 21.3 Å². The van der Waals surface area contributed by atoms with Gasteiger partial charge in [-0.05, 0) is 50.9 Å². The van der Waals surface area contributed by atoms with Gasteiger partial charge in [0, 0.05) is 18.7 Å². The molecule has 0 saturated carbocycles. The van der Waals surface area contributed by atoms with Crippen LogP contribution in [0, 0.1) is 5.92 Å². The summed E-state index contributed by atoms with van der Waals surface area (Å²) in [6.07, 6.45) is 10.2. The fraction of sp³-hybridized carbons (Fsp3) is 1.00. The van der Waals surface area contributed by atoms with E-state index in [0.717, 1.165) is 24.6 Å². The van der Waals surface area contributed by atoms with E-state index in [-0.39, 0.29) is 0 Å². The number of piperidine rings is 1. The molecule has 3 unspecified atom stereocenters. The van der Waals surface area contributed by atoms with Crippen molar-refractivity contribution in [3.8, 4) is 0 Å². The highest BCUT2D eigenvalue weighted by atomic mass is 16.5. The van der Waals surface area contributed by atoms with E-state index in [4.69, 9.17) is 4.74 Å². The minimum absolute atomic E-state index is 0.609. The molecule has 0 radical (unpaired) electrons. The highest BCUT2D eigenvalue weighted by Crippen LogP contribution is 2.35. The van der Waals surface area contributed by atoms with Gasteiger partial charge in [0.2, 0.25) is 0 Å². The van der Waals surface area contributed by atoms with Gasteiger partial charge in [-0.2, -0.15) is 0 Å². The molecule has 3 saturated heterocycles. The molecule has 3 atom stereocenters. The van der Waals surface area contributed by atoms with E-state index in [0.29, 0.717) is 6.10 Å². The van der Waals surface area contributed by atoms with Gasteiger partial charge in [-0.1, -0.05) is 0 Å². The van der Waals surface area contributed by atoms with Crippen LogP contribution in [0.3, 0.4) is 0 Å². The minimum Gasteiger partial charge on any atom is -0.378 e. The highest BCUT2D eigenvalue weighted by molar-refractivity contribution is 4.92. The van der Waals surface area contributed by atoms with E-state index in [9.17, 15) is 0 Å². The summed E-state index contributed by atoms with van der Waals surface area (Å²) in [6, 6.07) is 1.69. The molecule has 3 fully saturated rings. The first-order valence-electron chi connectivity index (χ1n) is 6.28. The standard InChI is InChI=1S/C12H21NO/c1-2-12(14-5-1)8-9-6-10-3-4-11(7-9)13-10/h9-13H,1-8H2. The summed E-state index contributed by atoms with van der Waals surface area (Å²) in [6.45, 7) is 1.02. The Bertz CT molecular complexity index is 188. The summed E-state index contributed by atoms with van der Waals surface area (Å²) in [7, 11) is 0. The summed E-state index contributed by atoms with van der Waals surface area (Å²) >= 11 is 0. The first-order chi connectivity index (χ1) is 6.90. The molecule has 80 valence electrons. The van der Waals surface area contributed by atoms with Gasteiger partial charge >= 0.3 is 0 Å². The third-order valence-electron chi connectivity index (χ3n) is 4.19. The SMILES string of the molecule is C1COC(CC2CC3CCC(C2)N3)C1. The molecule has 0 spiro atoms. The fourth-order valence-corrected chi connectivity index (χ4v) is 3.57. The van der Waals surface area contributed by atoms with Crippen molar-refractivity contribution in [2.75, 3.05) is 6.61 Å². The van der Waals surface area contributed by atoms with Crippen molar-refractivity contribution >= 4 is 0 Å². The molecule has 0 aromatic carbocycles. The molecule has 14 heavy (non-hydrogen) atoms. The molecule has 2 nitrogen and oxygen atoms in total. The Hall–Kier alpha value is -0.0800. The van der Waals surface area contributed by atoms with Crippen molar-refractivity contribution in [1.82, 2.24) is 5.32 Å². The van der Waals surface area contributed by atoms with Crippen LogP contribution in [0.4, 0.5) is 0 Å². The van der Waals surface area contributed by atoms with Crippen LogP contribution < -0.4 is 5.32 Å². The van der Waals surface area contributed by atoms with Crippen LogP contribution in [0.2, 0.25) is 0 Å². The number of hydrogen-bond acceptors (Lipinski definition) is 2. The third kappa shape index (κ3) is 1.82. The summed E-state index contributed by atoms with van der Waals surface area (Å²) in [5.41, 5.74) is 0. The molecule has 0 amide bonds. The van der Waals surface area contributed by atoms with Crippen LogP contribution in [0.5, 0.6) is 0 Å². The van der Waals surface area contributed by atoms with E-state index < -0.39 is 0 Å². The van der Waals surface area contributed by atoms with E-state index in [1.807, 2.05) is 0 Å². The molecule has 3 aliphatic heterocycles. The minimum atomic E-state index is 0.609. The van der Waals surface area contributed by atoms with Gasteiger partial charge in [0.15, 0.2) is 0 Å². The molecule has 3 aliphatic rings. The second kappa shape index (κ2) is 3.82. The maximum absolute atomic E-state index is 5.73. The van der Waals surface area contributed by atoms with Gasteiger partial charge in [0.25, 0.3) is 0 Å². The maximum atomic E-state index is 5.73. The number of ether oxygens (including phenoxy) is 1. The Kier molecular flexibility index (Phi) is 2.50. The first kappa shape index (κ1) is 9.17. The lowest BCUT2D eigenvalue weighted by molar-refractivity contribution is 0.0804. The Morgan fingerprint density at radius 2 is 1.86 bits per heavy atom. The smallest absolute Gasteiger partial charge is 0.0578 e. The normalized spacial score (nSPS) is 47.1. The van der Waals surface area contributed by atoms with Crippen LogP contribution in [0.1, 0.15) is 44.9 Å². The molecule has 3 rings (SSSR count). The van der Waals surface area contributed by atoms with Crippen molar-refractivity contribution in [3.63, 3.8) is 0 Å². The van der Waals surface area contributed by atoms with Gasteiger partial charge in [0.05, 0.1) is 6.10 Å². The summed E-state index contributed by atoms with van der Waals surface area (Å²) < 4.78 is 5.73. The van der Waals surface area contributed by atoms with Crippen LogP contribution >= 0.6 is 0 Å². The molecule has 1 N–H and O–H groups in total. The van der Waals surface area contributed by atoms with Gasteiger partial charge in [-0.25, -0.2) is 0 Å². The van der Waals surface area contributed by atoms with Crippen molar-refractivity contribution in [2.24, 2.45) is 5.92 Å². The average Bonchev–Trinajstić information content (AvgIpc) is 2.77. The lowest BCUT2D eigenvalue weighted by Gasteiger charge is -2.30. The number of nitrogens with one attached hydrogen (secondary N) is 1. The monoisotopic (exact) mass is 195 g/mol. The molecule has 0 aromatic heterocycles. The van der Waals surface area contributed by atoms with Crippen molar-refractivity contribution in [3.05, 3.63) is 0 Å². The van der Waals surface area contributed by atoms with Crippen LogP contribution in [-0.2, 0) is 4.74 Å². The quantitative estimate of drug-likeness (QED) is 0.728. The van der Waals surface area contributed by atoms with E-state index in [1.165, 1.54) is 44.9 Å². The molecule has 0 aromatic rings. The Morgan fingerprint density at radius 1 is 1.07 bits per heavy atom. The van der Waals surface area contributed by atoms with Gasteiger partial charge < -0.3 is 10.1 Å². The number of fused-ring (bicyclic) bond motifs is 2. The third-order valence-corrected chi connectivity index (χ3v) is 4.19. The van der Waals surface area contributed by atoms with E-state index in [1.54, 1.807) is 0 Å². The van der Waals surface area contributed by atoms with Gasteiger partial charge in [-0.15, -0.1) is 0 Å². The molecule has 0 aliphatic carbocycles. The zero-order valence-corrected chi connectivity index (χ0v) is 8.87. The summed E-state index contributed by atoms with van der Waals surface area (Å²) in [4.78, 5) is 0. The zero-order chi connectivity index (χ0) is 9.38. The maximum Gasteiger partial charge on any atom is 0.0578 e. The molecular weight excluding hydrogens is 174 g/mol. The largest absolute Gasteiger partial charge is 0.378 e. The Morgan fingerprint density at radius 3 is 2.50 bits per heavy atom. The number of rotatable bonds is 2. The fourth-order valence-electron chi connectivity index (χ4n) is 3.57. The number of hydrogen-bond donors (Lipinski definition) is 1. The zero-order valence-electron chi connectivity index (χ0n) is 8.87. The second-order valence-electron chi connectivity index (χ2n) is 5.35. The summed E-state index contributed by atoms with van der Waals surface area (Å²) in [5.74, 6) is 0.955. The van der Waals surface area contributed by atoms with Crippen LogP contribution in [0.25, 0.3) is 0 Å². The molecule has 3 heterocycles. The van der Waals surface area contributed by atoms with Crippen molar-refractivity contribution < 1.29 is 4.74 Å². The lowest BCUT2D eigenvalue weighted by Crippen LogP contribution is -2.38. The van der Waals surface area contributed by atoms with E-state index in [2.05, 4.69) is 5.32 Å². The highest BCUT2D eigenvalue weighted by Gasteiger charge is 2.34. The van der Waals surface area contributed by atoms with Gasteiger partial charge in [-0.3, -0.25) is 0 Å². The first-order valence-corrected chi connectivity index (χ1v) is 6.28. The van der Waals surface area contributed by atoms with Gasteiger partial charge in [0.1, 0.15) is 0 Å². The predicted octanol–water partition coefficient (Wildman–Crippen LogP) is 2.09. The van der Waals surface area contributed by atoms with E-state index >= 15 is 0 Å². The lowest BCUT2D eigenvalue weighted by atomic mass is 9.87. The van der Waals surface area contributed by atoms with Crippen LogP contribution in [-0.4, -0.2) is 24.8 Å². The molecule has 2 heteroatoms. The van der Waals surface area contributed by atoms with Crippen LogP contribution in [0.15, 0.2) is 0 Å². The summed E-state index contributed by atoms with van der Waals surface area (Å²) in [5, 5.41) is 3.70. The molecular formula is C12H21NO. The Labute approximate surface area is 86.4 Å². The average molecular weight is 195 g/mol. The van der Waals surface area contributed by atoms with Crippen molar-refractivity contribution in [2.45, 2.75) is 63.1 Å². The molecule has 2 bridgehead atoms. The predicted molar refractivity (Wildman–Crippen MR) is 56.3 cm³/mol. The second-order valence-corrected chi connectivity index (χ2v) is 5.35. The van der Waals surface area contributed by atoms with Crippen molar-refractivity contribution in [1.29, 1.82) is 0 Å². The Balaban J connectivity index is 1.53.